The van der Waals surface area contributed by atoms with Crippen molar-refractivity contribution in [2.24, 2.45) is 0 Å². The minimum absolute atomic E-state index is 0.0152. The Kier molecular flexibility index (Phi) is 7.75. The summed E-state index contributed by atoms with van der Waals surface area (Å²) < 4.78 is 0. The number of benzene rings is 3. The zero-order valence-corrected chi connectivity index (χ0v) is 21.2. The fraction of sp³-hybridized carbons (Fsp3) is 0.333. The molecule has 1 heterocycles. The molecule has 0 aromatic heterocycles. The van der Waals surface area contributed by atoms with E-state index in [1.165, 1.54) is 0 Å². The minimum atomic E-state index is -0.492. The van der Waals surface area contributed by atoms with Gasteiger partial charge in [0.2, 0.25) is 11.8 Å². The second-order valence-electron chi connectivity index (χ2n) is 10.5. The third kappa shape index (κ3) is 6.95. The second kappa shape index (κ2) is 11.0. The molecule has 2 N–H and O–H groups in total. The summed E-state index contributed by atoms with van der Waals surface area (Å²) in [6.07, 6.45) is 0.238. The normalized spacial score (nSPS) is 16.0. The molecule has 3 aromatic carbocycles. The Morgan fingerprint density at radius 1 is 0.889 bits per heavy atom. The van der Waals surface area contributed by atoms with Gasteiger partial charge in [0.05, 0.1) is 12.5 Å². The number of nitrogens with zero attached hydrogens (tertiary/aromatic N) is 2. The monoisotopic (exact) mass is 485 g/mol. The van der Waals surface area contributed by atoms with Crippen LogP contribution in [0.2, 0.25) is 0 Å². The first-order chi connectivity index (χ1) is 17.2. The summed E-state index contributed by atoms with van der Waals surface area (Å²) in [6, 6.07) is 26.2. The van der Waals surface area contributed by atoms with Gasteiger partial charge >= 0.3 is 0 Å². The average Bonchev–Trinajstić information content (AvgIpc) is 3.61. The first-order valence-corrected chi connectivity index (χ1v) is 12.4. The van der Waals surface area contributed by atoms with Gasteiger partial charge in [-0.3, -0.25) is 14.5 Å². The number of aromatic hydroxyl groups is 1. The predicted molar refractivity (Wildman–Crippen MR) is 141 cm³/mol. The molecule has 6 nitrogen and oxygen atoms in total. The van der Waals surface area contributed by atoms with Crippen LogP contribution in [0, 0.1) is 0 Å². The number of hydrogen-bond acceptors (Lipinski definition) is 4. The highest BCUT2D eigenvalue weighted by atomic mass is 16.3. The lowest BCUT2D eigenvalue weighted by atomic mass is 10.0. The lowest BCUT2D eigenvalue weighted by Gasteiger charge is -2.33. The van der Waals surface area contributed by atoms with Crippen LogP contribution in [-0.4, -0.2) is 50.9 Å². The lowest BCUT2D eigenvalue weighted by molar-refractivity contribution is -0.130. The van der Waals surface area contributed by atoms with Gasteiger partial charge in [-0.25, -0.2) is 0 Å². The third-order valence-electron chi connectivity index (χ3n) is 6.24. The van der Waals surface area contributed by atoms with Gasteiger partial charge in [-0.05, 0) is 49.6 Å². The fourth-order valence-corrected chi connectivity index (χ4v) is 4.52. The summed E-state index contributed by atoms with van der Waals surface area (Å²) in [5, 5.41) is 12.7. The molecule has 1 aliphatic rings. The van der Waals surface area contributed by atoms with Gasteiger partial charge < -0.3 is 15.3 Å². The molecule has 0 unspecified atom stereocenters. The van der Waals surface area contributed by atoms with Crippen molar-refractivity contribution in [3.05, 3.63) is 102 Å². The van der Waals surface area contributed by atoms with Crippen molar-refractivity contribution in [3.63, 3.8) is 0 Å². The average molecular weight is 486 g/mol. The molecule has 1 aliphatic heterocycles. The maximum Gasteiger partial charge on any atom is 0.239 e. The zero-order chi connectivity index (χ0) is 25.7. The van der Waals surface area contributed by atoms with E-state index in [4.69, 9.17) is 0 Å². The Morgan fingerprint density at radius 3 is 1.92 bits per heavy atom. The Morgan fingerprint density at radius 2 is 1.42 bits per heavy atom. The van der Waals surface area contributed by atoms with E-state index < -0.39 is 11.6 Å². The number of phenols is 1. The molecular formula is C30H35N3O3. The Hall–Kier alpha value is -3.64. The van der Waals surface area contributed by atoms with Crippen molar-refractivity contribution in [1.82, 2.24) is 15.1 Å². The second-order valence-corrected chi connectivity index (χ2v) is 10.5. The summed E-state index contributed by atoms with van der Waals surface area (Å²) in [7, 11) is 0. The first kappa shape index (κ1) is 25.5. The Bertz CT molecular complexity index is 1120. The molecule has 0 aliphatic carbocycles. The van der Waals surface area contributed by atoms with Crippen molar-refractivity contribution in [1.29, 1.82) is 0 Å². The smallest absolute Gasteiger partial charge is 0.239 e. The zero-order valence-electron chi connectivity index (χ0n) is 21.2. The molecule has 188 valence electrons. The molecule has 0 radical (unpaired) electrons. The largest absolute Gasteiger partial charge is 0.508 e. The van der Waals surface area contributed by atoms with Crippen LogP contribution in [0.1, 0.15) is 37.5 Å². The minimum Gasteiger partial charge on any atom is -0.508 e. The summed E-state index contributed by atoms with van der Waals surface area (Å²) >= 11 is 0. The molecule has 1 saturated heterocycles. The molecule has 2 amide bonds. The van der Waals surface area contributed by atoms with Crippen molar-refractivity contribution in [3.8, 4) is 5.75 Å². The standard InChI is InChI=1S/C30H35N3O3/c1-30(2,3)31-29(36)28(26-21-33(26)27(35)18-22-14-16-25(34)17-15-22)32(19-23-10-6-4-7-11-23)20-24-12-8-5-9-13-24/h4-17,26,28,34H,18-21H2,1-3H3,(H,31,36)/t26-,28-,33?/m0/s1. The van der Waals surface area contributed by atoms with E-state index in [0.717, 1.165) is 16.7 Å². The SMILES string of the molecule is CC(C)(C)NC(=O)[C@H]([C@@H]1CN1C(=O)Cc1ccc(O)cc1)N(Cc1ccccc1)Cc1ccccc1. The van der Waals surface area contributed by atoms with Gasteiger partial charge in [-0.1, -0.05) is 72.8 Å². The van der Waals surface area contributed by atoms with E-state index in [1.807, 2.05) is 57.2 Å². The van der Waals surface area contributed by atoms with E-state index >= 15 is 0 Å². The van der Waals surface area contributed by atoms with Crippen molar-refractivity contribution in [2.75, 3.05) is 6.54 Å². The van der Waals surface area contributed by atoms with Gasteiger partial charge in [0.1, 0.15) is 11.8 Å². The van der Waals surface area contributed by atoms with Crippen molar-refractivity contribution < 1.29 is 14.7 Å². The number of carbonyl (C=O) groups is 2. The van der Waals surface area contributed by atoms with E-state index in [0.29, 0.717) is 19.6 Å². The van der Waals surface area contributed by atoms with E-state index in [-0.39, 0.29) is 30.0 Å². The first-order valence-electron chi connectivity index (χ1n) is 12.4. The Balaban J connectivity index is 1.59. The molecular weight excluding hydrogens is 450 g/mol. The van der Waals surface area contributed by atoms with Gasteiger partial charge in [-0.2, -0.15) is 0 Å². The highest BCUT2D eigenvalue weighted by Gasteiger charge is 2.49. The van der Waals surface area contributed by atoms with E-state index in [9.17, 15) is 14.7 Å². The molecule has 4 rings (SSSR count). The third-order valence-corrected chi connectivity index (χ3v) is 6.24. The van der Waals surface area contributed by atoms with E-state index in [2.05, 4.69) is 34.5 Å². The number of amides is 2. The van der Waals surface area contributed by atoms with Gasteiger partial charge in [0.25, 0.3) is 0 Å². The number of carbonyl (C=O) groups excluding carboxylic acids is 2. The van der Waals surface area contributed by atoms with Crippen LogP contribution in [0.25, 0.3) is 0 Å². The molecule has 2 atom stereocenters. The summed E-state index contributed by atoms with van der Waals surface area (Å²) in [4.78, 5) is 30.8. The summed E-state index contributed by atoms with van der Waals surface area (Å²) in [5.41, 5.74) is 2.68. The fourth-order valence-electron chi connectivity index (χ4n) is 4.52. The number of hydrogen-bond donors (Lipinski definition) is 2. The van der Waals surface area contributed by atoms with Crippen molar-refractivity contribution >= 4 is 11.8 Å². The molecule has 36 heavy (non-hydrogen) atoms. The maximum absolute atomic E-state index is 13.7. The number of rotatable bonds is 9. The topological polar surface area (TPSA) is 72.6 Å². The van der Waals surface area contributed by atoms with Crippen LogP contribution in [0.3, 0.4) is 0 Å². The van der Waals surface area contributed by atoms with Crippen LogP contribution in [-0.2, 0) is 29.1 Å². The molecule has 3 aromatic rings. The molecule has 0 bridgehead atoms. The van der Waals surface area contributed by atoms with Crippen LogP contribution in [0.15, 0.2) is 84.9 Å². The van der Waals surface area contributed by atoms with E-state index in [1.54, 1.807) is 29.2 Å². The van der Waals surface area contributed by atoms with Crippen LogP contribution in [0.5, 0.6) is 5.75 Å². The highest BCUT2D eigenvalue weighted by Crippen LogP contribution is 2.29. The highest BCUT2D eigenvalue weighted by molar-refractivity contribution is 5.87. The van der Waals surface area contributed by atoms with Crippen LogP contribution < -0.4 is 5.32 Å². The van der Waals surface area contributed by atoms with Gasteiger partial charge in [0.15, 0.2) is 0 Å². The molecule has 6 heteroatoms. The summed E-state index contributed by atoms with van der Waals surface area (Å²) in [5.74, 6) is 0.0881. The predicted octanol–water partition coefficient (Wildman–Crippen LogP) is 4.13. The van der Waals surface area contributed by atoms with Crippen molar-refractivity contribution in [2.45, 2.75) is 57.9 Å². The van der Waals surface area contributed by atoms with Gasteiger partial charge in [-0.15, -0.1) is 0 Å². The summed E-state index contributed by atoms with van der Waals surface area (Å²) in [6.45, 7) is 7.64. The lowest BCUT2D eigenvalue weighted by Crippen LogP contribution is -2.55. The number of phenolic OH excluding ortho intramolecular Hbond substituents is 1. The molecule has 0 saturated carbocycles. The maximum atomic E-state index is 13.7. The molecule has 1 fully saturated rings. The van der Waals surface area contributed by atoms with Gasteiger partial charge in [0, 0.05) is 25.2 Å². The molecule has 0 spiro atoms. The van der Waals surface area contributed by atoms with Crippen LogP contribution >= 0.6 is 0 Å². The quantitative estimate of drug-likeness (QED) is 0.447. The Labute approximate surface area is 213 Å². The number of nitrogens with one attached hydrogen (secondary N) is 1. The van der Waals surface area contributed by atoms with Crippen LogP contribution in [0.4, 0.5) is 0 Å².